The summed E-state index contributed by atoms with van der Waals surface area (Å²) in [6.45, 7) is 2.23. The maximum Gasteiger partial charge on any atom is 0.328 e. The normalized spacial score (nSPS) is 17.2. The molecule has 0 amide bonds. The van der Waals surface area contributed by atoms with Gasteiger partial charge in [-0.15, -0.1) is 0 Å². The van der Waals surface area contributed by atoms with E-state index in [1.807, 2.05) is 0 Å². The summed E-state index contributed by atoms with van der Waals surface area (Å²) in [5.41, 5.74) is 0.351. The summed E-state index contributed by atoms with van der Waals surface area (Å²) in [6.07, 6.45) is 7.17. The molecule has 94 valence electrons. The van der Waals surface area contributed by atoms with E-state index in [1.165, 1.54) is 36.7 Å². The lowest BCUT2D eigenvalue weighted by Crippen LogP contribution is -2.35. The molecular formula is C13H20N2O2. The van der Waals surface area contributed by atoms with Crippen LogP contribution in [0.4, 0.5) is 0 Å². The molecule has 17 heavy (non-hydrogen) atoms. The molecule has 0 unspecified atom stereocenters. The molecule has 0 aromatic carbocycles. The molecule has 0 spiro atoms. The average Bonchev–Trinajstić information content (AvgIpc) is 2.30. The van der Waals surface area contributed by atoms with Crippen molar-refractivity contribution < 1.29 is 0 Å². The Bertz CT molecular complexity index is 450. The fourth-order valence-corrected chi connectivity index (χ4v) is 2.68. The Labute approximate surface area is 101 Å². The molecule has 0 saturated heterocycles. The van der Waals surface area contributed by atoms with Crippen molar-refractivity contribution in [3.05, 3.63) is 32.6 Å². The van der Waals surface area contributed by atoms with Crippen LogP contribution < -0.4 is 11.2 Å². The first-order valence-electron chi connectivity index (χ1n) is 6.53. The van der Waals surface area contributed by atoms with Gasteiger partial charge in [0.05, 0.1) is 0 Å². The molecule has 1 heterocycles. The second-order valence-corrected chi connectivity index (χ2v) is 4.89. The van der Waals surface area contributed by atoms with E-state index >= 15 is 0 Å². The number of rotatable bonds is 3. The zero-order valence-corrected chi connectivity index (χ0v) is 10.4. The number of hydrogen-bond acceptors (Lipinski definition) is 2. The molecule has 4 nitrogen and oxygen atoms in total. The van der Waals surface area contributed by atoms with Gasteiger partial charge in [-0.05, 0) is 19.3 Å². The highest BCUT2D eigenvalue weighted by molar-refractivity contribution is 5.01. The van der Waals surface area contributed by atoms with E-state index < -0.39 is 0 Å². The number of hydrogen-bond donors (Lipinski definition) is 1. The molecule has 0 radical (unpaired) electrons. The first-order valence-corrected chi connectivity index (χ1v) is 6.53. The van der Waals surface area contributed by atoms with Crippen molar-refractivity contribution in [2.24, 2.45) is 5.92 Å². The van der Waals surface area contributed by atoms with Crippen LogP contribution in [0.15, 0.2) is 15.7 Å². The van der Waals surface area contributed by atoms with Crippen LogP contribution in [-0.4, -0.2) is 9.55 Å². The standard InChI is InChI=1S/C13H20N2O2/c1-2-15-12(16)9-11(14-13(15)17)8-10-6-4-3-5-7-10/h9-10H,2-8H2,1H3,(H,14,17). The van der Waals surface area contributed by atoms with Crippen LogP contribution in [0, 0.1) is 5.92 Å². The van der Waals surface area contributed by atoms with Crippen molar-refractivity contribution in [2.45, 2.75) is 52.0 Å². The van der Waals surface area contributed by atoms with Crippen molar-refractivity contribution in [2.75, 3.05) is 0 Å². The molecule has 1 fully saturated rings. The summed E-state index contributed by atoms with van der Waals surface area (Å²) < 4.78 is 1.23. The predicted molar refractivity (Wildman–Crippen MR) is 67.3 cm³/mol. The Morgan fingerprint density at radius 3 is 2.59 bits per heavy atom. The van der Waals surface area contributed by atoms with Crippen LogP contribution in [-0.2, 0) is 13.0 Å². The lowest BCUT2D eigenvalue weighted by molar-refractivity contribution is 0.353. The Kier molecular flexibility index (Phi) is 3.82. The van der Waals surface area contributed by atoms with Gasteiger partial charge in [0.2, 0.25) is 0 Å². The van der Waals surface area contributed by atoms with E-state index in [9.17, 15) is 9.59 Å². The number of aromatic nitrogens is 2. The highest BCUT2D eigenvalue weighted by Gasteiger charge is 2.15. The molecule has 1 aliphatic carbocycles. The monoisotopic (exact) mass is 236 g/mol. The maximum atomic E-state index is 11.7. The molecule has 0 atom stereocenters. The molecule has 1 aromatic heterocycles. The molecule has 4 heteroatoms. The van der Waals surface area contributed by atoms with E-state index in [-0.39, 0.29) is 11.2 Å². The van der Waals surface area contributed by atoms with Crippen LogP contribution in [0.2, 0.25) is 0 Å². The van der Waals surface area contributed by atoms with Gasteiger partial charge >= 0.3 is 5.69 Å². The SMILES string of the molecule is CCn1c(=O)cc(CC2CCCCC2)[nH]c1=O. The Morgan fingerprint density at radius 2 is 2.00 bits per heavy atom. The third kappa shape index (κ3) is 2.87. The highest BCUT2D eigenvalue weighted by atomic mass is 16.2. The minimum absolute atomic E-state index is 0.179. The molecule has 2 rings (SSSR count). The van der Waals surface area contributed by atoms with Crippen LogP contribution in [0.3, 0.4) is 0 Å². The van der Waals surface area contributed by atoms with Crippen LogP contribution >= 0.6 is 0 Å². The summed E-state index contributed by atoms with van der Waals surface area (Å²) in [4.78, 5) is 26.1. The fourth-order valence-electron chi connectivity index (χ4n) is 2.68. The summed E-state index contributed by atoms with van der Waals surface area (Å²) in [6, 6.07) is 1.58. The number of aromatic amines is 1. The van der Waals surface area contributed by atoms with Crippen molar-refractivity contribution in [1.29, 1.82) is 0 Å². The lowest BCUT2D eigenvalue weighted by atomic mass is 9.86. The van der Waals surface area contributed by atoms with Crippen molar-refractivity contribution in [3.63, 3.8) is 0 Å². The minimum atomic E-state index is -0.272. The van der Waals surface area contributed by atoms with Gasteiger partial charge in [0.25, 0.3) is 5.56 Å². The first kappa shape index (κ1) is 12.1. The van der Waals surface area contributed by atoms with Crippen LogP contribution in [0.1, 0.15) is 44.7 Å². The predicted octanol–water partition coefficient (Wildman–Crippen LogP) is 1.68. The molecule has 1 N–H and O–H groups in total. The fraction of sp³-hybridized carbons (Fsp3) is 0.692. The highest BCUT2D eigenvalue weighted by Crippen LogP contribution is 2.25. The summed E-state index contributed by atoms with van der Waals surface area (Å²) in [7, 11) is 0. The van der Waals surface area contributed by atoms with Crippen LogP contribution in [0.25, 0.3) is 0 Å². The van der Waals surface area contributed by atoms with Gasteiger partial charge in [0.15, 0.2) is 0 Å². The lowest BCUT2D eigenvalue weighted by Gasteiger charge is -2.21. The third-order valence-corrected chi connectivity index (χ3v) is 3.63. The van der Waals surface area contributed by atoms with Gasteiger partial charge in [-0.3, -0.25) is 9.36 Å². The maximum absolute atomic E-state index is 11.7. The molecular weight excluding hydrogens is 216 g/mol. The molecule has 0 aliphatic heterocycles. The van der Waals surface area contributed by atoms with Gasteiger partial charge in [-0.25, -0.2) is 4.79 Å². The molecule has 1 aromatic rings. The zero-order valence-electron chi connectivity index (χ0n) is 10.4. The molecule has 0 bridgehead atoms. The second kappa shape index (κ2) is 5.34. The van der Waals surface area contributed by atoms with Crippen LogP contribution in [0.5, 0.6) is 0 Å². The average molecular weight is 236 g/mol. The van der Waals surface area contributed by atoms with Gasteiger partial charge in [-0.1, -0.05) is 32.1 Å². The Balaban J connectivity index is 2.16. The van der Waals surface area contributed by atoms with E-state index in [0.717, 1.165) is 12.1 Å². The van der Waals surface area contributed by atoms with Crippen molar-refractivity contribution in [3.8, 4) is 0 Å². The quantitative estimate of drug-likeness (QED) is 0.868. The summed E-state index contributed by atoms with van der Waals surface area (Å²) in [5, 5.41) is 0. The van der Waals surface area contributed by atoms with E-state index in [2.05, 4.69) is 4.98 Å². The van der Waals surface area contributed by atoms with Gasteiger partial charge in [0.1, 0.15) is 0 Å². The number of H-pyrrole nitrogens is 1. The van der Waals surface area contributed by atoms with E-state index in [1.54, 1.807) is 13.0 Å². The largest absolute Gasteiger partial charge is 0.328 e. The van der Waals surface area contributed by atoms with Crippen molar-refractivity contribution in [1.82, 2.24) is 9.55 Å². The summed E-state index contributed by atoms with van der Waals surface area (Å²) in [5.74, 6) is 0.635. The van der Waals surface area contributed by atoms with E-state index in [0.29, 0.717) is 12.5 Å². The molecule has 1 saturated carbocycles. The second-order valence-electron chi connectivity index (χ2n) is 4.89. The van der Waals surface area contributed by atoms with E-state index in [4.69, 9.17) is 0 Å². The van der Waals surface area contributed by atoms with Crippen molar-refractivity contribution >= 4 is 0 Å². The summed E-state index contributed by atoms with van der Waals surface area (Å²) >= 11 is 0. The van der Waals surface area contributed by atoms with Gasteiger partial charge < -0.3 is 4.98 Å². The Hall–Kier alpha value is -1.32. The Morgan fingerprint density at radius 1 is 1.29 bits per heavy atom. The van der Waals surface area contributed by atoms with Gasteiger partial charge in [-0.2, -0.15) is 0 Å². The number of nitrogens with one attached hydrogen (secondary N) is 1. The minimum Gasteiger partial charge on any atom is -0.311 e. The smallest absolute Gasteiger partial charge is 0.311 e. The topological polar surface area (TPSA) is 54.9 Å². The third-order valence-electron chi connectivity index (χ3n) is 3.63. The first-order chi connectivity index (χ1) is 8.20. The molecule has 1 aliphatic rings. The number of nitrogens with zero attached hydrogens (tertiary/aromatic N) is 1. The zero-order chi connectivity index (χ0) is 12.3. The van der Waals surface area contributed by atoms with Gasteiger partial charge in [0, 0.05) is 18.3 Å².